The summed E-state index contributed by atoms with van der Waals surface area (Å²) in [6.45, 7) is 5.90. The molecule has 0 atom stereocenters. The summed E-state index contributed by atoms with van der Waals surface area (Å²) in [6.07, 6.45) is 7.03. The number of thioether (sulfide) groups is 1. The van der Waals surface area contributed by atoms with Crippen molar-refractivity contribution < 1.29 is 0 Å². The third kappa shape index (κ3) is 2.24. The van der Waals surface area contributed by atoms with Crippen LogP contribution in [0.2, 0.25) is 0 Å². The highest BCUT2D eigenvalue weighted by Crippen LogP contribution is 2.38. The Balaban J connectivity index is 2.31. The minimum absolute atomic E-state index is 1.07. The molecule has 0 fully saturated rings. The van der Waals surface area contributed by atoms with E-state index >= 15 is 0 Å². The van der Waals surface area contributed by atoms with Crippen molar-refractivity contribution in [3.05, 3.63) is 65.1 Å². The van der Waals surface area contributed by atoms with Gasteiger partial charge in [0.25, 0.3) is 0 Å². The fourth-order valence-corrected chi connectivity index (χ4v) is 2.71. The molecule has 1 aliphatic heterocycles. The van der Waals surface area contributed by atoms with Crippen LogP contribution in [-0.4, -0.2) is 0 Å². The molecular formula is C14H14S. The maximum atomic E-state index is 3.70. The van der Waals surface area contributed by atoms with Crippen LogP contribution in [0.15, 0.2) is 64.4 Å². The van der Waals surface area contributed by atoms with E-state index in [4.69, 9.17) is 0 Å². The van der Waals surface area contributed by atoms with Crippen LogP contribution in [0.3, 0.4) is 0 Å². The average molecular weight is 214 g/mol. The van der Waals surface area contributed by atoms with E-state index in [0.717, 1.165) is 6.42 Å². The molecule has 1 aromatic carbocycles. The molecule has 1 aromatic rings. The van der Waals surface area contributed by atoms with Gasteiger partial charge in [0.15, 0.2) is 0 Å². The zero-order valence-electron chi connectivity index (χ0n) is 8.86. The van der Waals surface area contributed by atoms with Gasteiger partial charge < -0.3 is 0 Å². The van der Waals surface area contributed by atoms with Crippen molar-refractivity contribution in [1.29, 1.82) is 0 Å². The lowest BCUT2D eigenvalue weighted by atomic mass is 10.1. The molecule has 1 heterocycles. The molecule has 0 bridgehead atoms. The molecule has 0 aromatic heterocycles. The summed E-state index contributed by atoms with van der Waals surface area (Å²) in [5.74, 6) is 0. The summed E-state index contributed by atoms with van der Waals surface area (Å²) < 4.78 is 0. The number of allylic oxidation sites excluding steroid dienone is 4. The zero-order chi connectivity index (χ0) is 10.7. The van der Waals surface area contributed by atoms with Crippen LogP contribution in [0, 0.1) is 0 Å². The third-order valence-electron chi connectivity index (χ3n) is 2.45. The van der Waals surface area contributed by atoms with Gasteiger partial charge in [-0.25, -0.2) is 0 Å². The van der Waals surface area contributed by atoms with Crippen molar-refractivity contribution >= 4 is 11.8 Å². The maximum absolute atomic E-state index is 3.70. The van der Waals surface area contributed by atoms with Crippen LogP contribution < -0.4 is 0 Å². The van der Waals surface area contributed by atoms with Gasteiger partial charge in [-0.05, 0) is 31.1 Å². The average Bonchev–Trinajstić information content (AvgIpc) is 2.26. The maximum Gasteiger partial charge on any atom is 0.0157 e. The predicted octanol–water partition coefficient (Wildman–Crippen LogP) is 4.35. The fourth-order valence-electron chi connectivity index (χ4n) is 1.66. The molecule has 0 nitrogen and oxygen atoms in total. The fraction of sp³-hybridized carbons (Fsp3) is 0.143. The Morgan fingerprint density at radius 2 is 2.13 bits per heavy atom. The normalized spacial score (nSPS) is 15.5. The van der Waals surface area contributed by atoms with E-state index in [1.165, 1.54) is 20.9 Å². The van der Waals surface area contributed by atoms with E-state index in [9.17, 15) is 0 Å². The molecule has 0 saturated heterocycles. The van der Waals surface area contributed by atoms with Gasteiger partial charge in [-0.15, -0.1) is 0 Å². The van der Waals surface area contributed by atoms with E-state index in [0.29, 0.717) is 0 Å². The summed E-state index contributed by atoms with van der Waals surface area (Å²) in [6, 6.07) is 8.60. The Bertz CT molecular complexity index is 438. The highest BCUT2D eigenvalue weighted by Gasteiger charge is 2.13. The quantitative estimate of drug-likeness (QED) is 0.659. The Hall–Kier alpha value is -1.21. The minimum Gasteiger partial charge on any atom is -0.0991 e. The molecule has 0 amide bonds. The molecule has 0 aliphatic carbocycles. The Morgan fingerprint density at radius 1 is 1.33 bits per heavy atom. The third-order valence-corrected chi connectivity index (χ3v) is 3.78. The molecule has 0 unspecified atom stereocenters. The van der Waals surface area contributed by atoms with Crippen molar-refractivity contribution in [2.24, 2.45) is 0 Å². The summed E-state index contributed by atoms with van der Waals surface area (Å²) >= 11 is 1.85. The number of rotatable bonds is 2. The lowest BCUT2D eigenvalue weighted by molar-refractivity contribution is 1.07. The second kappa shape index (κ2) is 4.54. The summed E-state index contributed by atoms with van der Waals surface area (Å²) in [4.78, 5) is 2.74. The van der Waals surface area contributed by atoms with E-state index in [-0.39, 0.29) is 0 Å². The largest absolute Gasteiger partial charge is 0.0991 e. The van der Waals surface area contributed by atoms with Gasteiger partial charge in [0, 0.05) is 9.80 Å². The summed E-state index contributed by atoms with van der Waals surface area (Å²) in [7, 11) is 0. The van der Waals surface area contributed by atoms with Gasteiger partial charge in [-0.3, -0.25) is 0 Å². The van der Waals surface area contributed by atoms with Crippen LogP contribution in [0.25, 0.3) is 0 Å². The first-order chi connectivity index (χ1) is 7.31. The van der Waals surface area contributed by atoms with Crippen molar-refractivity contribution in [3.8, 4) is 0 Å². The molecule has 0 spiro atoms. The van der Waals surface area contributed by atoms with Gasteiger partial charge >= 0.3 is 0 Å². The zero-order valence-corrected chi connectivity index (χ0v) is 9.68. The van der Waals surface area contributed by atoms with Crippen molar-refractivity contribution in [1.82, 2.24) is 0 Å². The molecule has 15 heavy (non-hydrogen) atoms. The Kier molecular flexibility index (Phi) is 3.12. The van der Waals surface area contributed by atoms with Crippen molar-refractivity contribution in [3.63, 3.8) is 0 Å². The van der Waals surface area contributed by atoms with Crippen LogP contribution in [-0.2, 0) is 6.42 Å². The van der Waals surface area contributed by atoms with Crippen LogP contribution in [0.5, 0.6) is 0 Å². The summed E-state index contributed by atoms with van der Waals surface area (Å²) in [5.41, 5.74) is 2.88. The molecule has 0 radical (unpaired) electrons. The number of hydrogen-bond donors (Lipinski definition) is 0. The molecular weight excluding hydrogens is 200 g/mol. The molecule has 2 rings (SSSR count). The predicted molar refractivity (Wildman–Crippen MR) is 68.0 cm³/mol. The van der Waals surface area contributed by atoms with Gasteiger partial charge in [-0.1, -0.05) is 54.3 Å². The van der Waals surface area contributed by atoms with Crippen molar-refractivity contribution in [2.75, 3.05) is 0 Å². The lowest BCUT2D eigenvalue weighted by Crippen LogP contribution is -1.97. The Morgan fingerprint density at radius 3 is 2.93 bits per heavy atom. The molecule has 0 saturated carbocycles. The van der Waals surface area contributed by atoms with E-state index in [2.05, 4.69) is 43.8 Å². The minimum atomic E-state index is 1.07. The molecule has 1 heteroatoms. The van der Waals surface area contributed by atoms with Crippen LogP contribution in [0.1, 0.15) is 12.5 Å². The van der Waals surface area contributed by atoms with E-state index in [1.54, 1.807) is 0 Å². The second-order valence-corrected chi connectivity index (χ2v) is 4.71. The van der Waals surface area contributed by atoms with E-state index < -0.39 is 0 Å². The number of benzene rings is 1. The van der Waals surface area contributed by atoms with Gasteiger partial charge in [0.2, 0.25) is 0 Å². The first kappa shape index (κ1) is 10.3. The monoisotopic (exact) mass is 214 g/mol. The number of hydrogen-bond acceptors (Lipinski definition) is 1. The molecule has 0 N–H and O–H groups in total. The highest BCUT2D eigenvalue weighted by atomic mass is 32.2. The van der Waals surface area contributed by atoms with Gasteiger partial charge in [0.05, 0.1) is 0 Å². The standard InChI is InChI=1S/C14H14S/c1-3-4-8-13-11(2)10-12-7-5-6-9-14(12)15-13/h3-9H,1,10H2,2H3. The molecule has 1 aliphatic rings. The lowest BCUT2D eigenvalue weighted by Gasteiger charge is -2.18. The smallest absolute Gasteiger partial charge is 0.0157 e. The van der Waals surface area contributed by atoms with Gasteiger partial charge in [0.1, 0.15) is 0 Å². The van der Waals surface area contributed by atoms with Gasteiger partial charge in [-0.2, -0.15) is 0 Å². The first-order valence-electron chi connectivity index (χ1n) is 5.06. The first-order valence-corrected chi connectivity index (χ1v) is 5.87. The highest BCUT2D eigenvalue weighted by molar-refractivity contribution is 8.03. The van der Waals surface area contributed by atoms with E-state index in [1.807, 2.05) is 23.9 Å². The SMILES string of the molecule is C=CC=CC1=C(C)Cc2ccccc2S1. The molecule has 76 valence electrons. The number of fused-ring (bicyclic) bond motifs is 1. The van der Waals surface area contributed by atoms with Crippen molar-refractivity contribution in [2.45, 2.75) is 18.2 Å². The summed E-state index contributed by atoms with van der Waals surface area (Å²) in [5, 5.41) is 0. The Labute approximate surface area is 95.4 Å². The second-order valence-electron chi connectivity index (χ2n) is 3.63. The topological polar surface area (TPSA) is 0 Å². The van der Waals surface area contributed by atoms with Crippen LogP contribution >= 0.6 is 11.8 Å². The van der Waals surface area contributed by atoms with Crippen LogP contribution in [0.4, 0.5) is 0 Å².